The lowest BCUT2D eigenvalue weighted by Crippen LogP contribution is -2.50. The number of carbonyl (C=O) groups excluding carboxylic acids is 1. The standard InChI is InChI=1S/C20H23ClN4O3S3/c1-23(2)6-5-16-13-22-19(29-16)20(26)24-7-9-25(10-8-24)31(27,28)18-11-14-3-4-15(21)12-17(14)30-18/h3-4,11-13H,5-10H2,1-2H3. The van der Waals surface area contributed by atoms with Crippen LogP contribution < -0.4 is 0 Å². The lowest BCUT2D eigenvalue weighted by atomic mass is 10.3. The van der Waals surface area contributed by atoms with Crippen molar-refractivity contribution in [1.29, 1.82) is 0 Å². The van der Waals surface area contributed by atoms with Crippen LogP contribution in [0.1, 0.15) is 14.7 Å². The van der Waals surface area contributed by atoms with Crippen LogP contribution in [0.3, 0.4) is 0 Å². The van der Waals surface area contributed by atoms with E-state index in [0.717, 1.165) is 27.9 Å². The minimum Gasteiger partial charge on any atom is -0.334 e. The minimum atomic E-state index is -3.61. The number of hydrogen-bond donors (Lipinski definition) is 0. The second kappa shape index (κ2) is 9.13. The van der Waals surface area contributed by atoms with E-state index in [1.807, 2.05) is 20.2 Å². The number of rotatable bonds is 6. The van der Waals surface area contributed by atoms with Crippen LogP contribution in [0.5, 0.6) is 0 Å². The Hall–Kier alpha value is -1.56. The van der Waals surface area contributed by atoms with Gasteiger partial charge in [0.2, 0.25) is 0 Å². The summed E-state index contributed by atoms with van der Waals surface area (Å²) in [5.74, 6) is -0.130. The Morgan fingerprint density at radius 2 is 1.90 bits per heavy atom. The van der Waals surface area contributed by atoms with Gasteiger partial charge in [-0.3, -0.25) is 4.79 Å². The van der Waals surface area contributed by atoms with Gasteiger partial charge in [-0.25, -0.2) is 13.4 Å². The Morgan fingerprint density at radius 1 is 1.16 bits per heavy atom. The topological polar surface area (TPSA) is 73.8 Å². The normalized spacial score (nSPS) is 15.8. The largest absolute Gasteiger partial charge is 0.334 e. The summed E-state index contributed by atoms with van der Waals surface area (Å²) in [5, 5.41) is 1.90. The van der Waals surface area contributed by atoms with Gasteiger partial charge in [-0.05, 0) is 44.1 Å². The lowest BCUT2D eigenvalue weighted by molar-refractivity contribution is 0.0697. The van der Waals surface area contributed by atoms with E-state index in [9.17, 15) is 13.2 Å². The van der Waals surface area contributed by atoms with Gasteiger partial charge in [0.25, 0.3) is 15.9 Å². The SMILES string of the molecule is CN(C)CCc1cnc(C(=O)N2CCN(S(=O)(=O)c3cc4ccc(Cl)cc4s3)CC2)s1. The molecule has 0 N–H and O–H groups in total. The molecule has 3 heterocycles. The first-order valence-corrected chi connectivity index (χ1v) is 13.3. The molecule has 2 aromatic heterocycles. The molecule has 7 nitrogen and oxygen atoms in total. The molecule has 0 spiro atoms. The molecule has 166 valence electrons. The van der Waals surface area contributed by atoms with Crippen molar-refractivity contribution in [2.75, 3.05) is 46.8 Å². The van der Waals surface area contributed by atoms with Crippen molar-refractivity contribution in [3.05, 3.63) is 45.4 Å². The van der Waals surface area contributed by atoms with Crippen LogP contribution in [0.25, 0.3) is 10.1 Å². The number of sulfonamides is 1. The molecule has 1 fully saturated rings. The van der Waals surface area contributed by atoms with Gasteiger partial charge in [-0.15, -0.1) is 22.7 Å². The average molecular weight is 499 g/mol. The highest BCUT2D eigenvalue weighted by Gasteiger charge is 2.32. The predicted octanol–water partition coefficient (Wildman–Crippen LogP) is 3.26. The van der Waals surface area contributed by atoms with Gasteiger partial charge >= 0.3 is 0 Å². The van der Waals surface area contributed by atoms with Gasteiger partial charge < -0.3 is 9.80 Å². The number of piperazine rings is 1. The molecule has 0 unspecified atom stereocenters. The maximum absolute atomic E-state index is 13.1. The first-order chi connectivity index (χ1) is 14.7. The molecule has 31 heavy (non-hydrogen) atoms. The van der Waals surface area contributed by atoms with E-state index in [2.05, 4.69) is 9.88 Å². The Bertz CT molecular complexity index is 1200. The molecule has 1 saturated heterocycles. The van der Waals surface area contributed by atoms with E-state index in [0.29, 0.717) is 27.3 Å². The number of hydrogen-bond acceptors (Lipinski definition) is 7. The molecule has 1 amide bonds. The Labute approximate surface area is 194 Å². The fraction of sp³-hybridized carbons (Fsp3) is 0.400. The molecule has 11 heteroatoms. The number of thiazole rings is 1. The first-order valence-electron chi connectivity index (χ1n) is 9.82. The van der Waals surface area contributed by atoms with Gasteiger partial charge in [0.1, 0.15) is 4.21 Å². The monoisotopic (exact) mass is 498 g/mol. The maximum Gasteiger partial charge on any atom is 0.282 e. The predicted molar refractivity (Wildman–Crippen MR) is 126 cm³/mol. The van der Waals surface area contributed by atoms with Crippen molar-refractivity contribution in [2.24, 2.45) is 0 Å². The van der Waals surface area contributed by atoms with Crippen molar-refractivity contribution in [1.82, 2.24) is 19.1 Å². The zero-order valence-electron chi connectivity index (χ0n) is 17.2. The average Bonchev–Trinajstić information content (AvgIpc) is 3.39. The zero-order chi connectivity index (χ0) is 22.2. The highest BCUT2D eigenvalue weighted by atomic mass is 35.5. The summed E-state index contributed by atoms with van der Waals surface area (Å²) < 4.78 is 28.8. The highest BCUT2D eigenvalue weighted by Crippen LogP contribution is 2.33. The van der Waals surface area contributed by atoms with Crippen molar-refractivity contribution >= 4 is 60.3 Å². The van der Waals surface area contributed by atoms with Gasteiger partial charge in [0.15, 0.2) is 5.01 Å². The van der Waals surface area contributed by atoms with Crippen molar-refractivity contribution in [3.8, 4) is 0 Å². The van der Waals surface area contributed by atoms with Gasteiger partial charge in [0, 0.05) is 53.5 Å². The van der Waals surface area contributed by atoms with E-state index in [4.69, 9.17) is 11.6 Å². The molecule has 1 aromatic carbocycles. The minimum absolute atomic E-state index is 0.130. The summed E-state index contributed by atoms with van der Waals surface area (Å²) in [5.41, 5.74) is 0. The van der Waals surface area contributed by atoms with Crippen LogP contribution in [-0.2, 0) is 16.4 Å². The summed E-state index contributed by atoms with van der Waals surface area (Å²) in [7, 11) is 0.408. The van der Waals surface area contributed by atoms with Crippen molar-refractivity contribution in [3.63, 3.8) is 0 Å². The smallest absolute Gasteiger partial charge is 0.282 e. The van der Waals surface area contributed by atoms with E-state index in [1.165, 1.54) is 27.0 Å². The van der Waals surface area contributed by atoms with E-state index in [-0.39, 0.29) is 19.0 Å². The molecule has 0 atom stereocenters. The molecule has 4 rings (SSSR count). The fourth-order valence-electron chi connectivity index (χ4n) is 3.36. The van der Waals surface area contributed by atoms with Gasteiger partial charge in [0.05, 0.1) is 0 Å². The highest BCUT2D eigenvalue weighted by molar-refractivity contribution is 7.91. The third-order valence-corrected chi connectivity index (χ3v) is 9.85. The number of likely N-dealkylation sites (N-methyl/N-ethyl adjacent to an activating group) is 1. The maximum atomic E-state index is 13.1. The summed E-state index contributed by atoms with van der Waals surface area (Å²) in [6.45, 7) is 2.13. The molecule has 3 aromatic rings. The quantitative estimate of drug-likeness (QED) is 0.521. The van der Waals surface area contributed by atoms with E-state index >= 15 is 0 Å². The fourth-order valence-corrected chi connectivity index (χ4v) is 7.48. The number of amides is 1. The lowest BCUT2D eigenvalue weighted by Gasteiger charge is -2.33. The molecular weight excluding hydrogens is 476 g/mol. The van der Waals surface area contributed by atoms with Crippen LogP contribution in [0.2, 0.25) is 5.02 Å². The molecule has 1 aliphatic rings. The van der Waals surface area contributed by atoms with Crippen molar-refractivity contribution in [2.45, 2.75) is 10.6 Å². The number of thiophene rings is 1. The number of carbonyl (C=O) groups is 1. The van der Waals surface area contributed by atoms with Crippen LogP contribution in [-0.4, -0.2) is 80.2 Å². The molecule has 0 radical (unpaired) electrons. The number of fused-ring (bicyclic) bond motifs is 1. The Morgan fingerprint density at radius 3 is 2.61 bits per heavy atom. The third-order valence-electron chi connectivity index (χ3n) is 5.12. The molecule has 0 saturated carbocycles. The van der Waals surface area contributed by atoms with Crippen molar-refractivity contribution < 1.29 is 13.2 Å². The van der Waals surface area contributed by atoms with Gasteiger partial charge in [-0.2, -0.15) is 4.31 Å². The first kappa shape index (κ1) is 22.6. The molecule has 1 aliphatic heterocycles. The summed E-state index contributed by atoms with van der Waals surface area (Å²) >= 11 is 8.66. The van der Waals surface area contributed by atoms with E-state index < -0.39 is 10.0 Å². The van der Waals surface area contributed by atoms with Crippen LogP contribution in [0, 0.1) is 0 Å². The second-order valence-corrected chi connectivity index (χ2v) is 12.4. The molecule has 0 bridgehead atoms. The molecular formula is C20H23ClN4O3S3. The zero-order valence-corrected chi connectivity index (χ0v) is 20.5. The number of aromatic nitrogens is 1. The van der Waals surface area contributed by atoms with E-state index in [1.54, 1.807) is 29.3 Å². The summed E-state index contributed by atoms with van der Waals surface area (Å²) in [6.07, 6.45) is 2.61. The number of halogens is 1. The number of nitrogens with zero attached hydrogens (tertiary/aromatic N) is 4. The summed E-state index contributed by atoms with van der Waals surface area (Å²) in [4.78, 5) is 21.9. The molecule has 0 aliphatic carbocycles. The summed E-state index contributed by atoms with van der Waals surface area (Å²) in [6, 6.07) is 7.04. The second-order valence-electron chi connectivity index (χ2n) is 7.63. The van der Waals surface area contributed by atoms with Crippen LogP contribution in [0.4, 0.5) is 0 Å². The third kappa shape index (κ3) is 4.94. The van der Waals surface area contributed by atoms with Crippen LogP contribution in [0.15, 0.2) is 34.7 Å². The van der Waals surface area contributed by atoms with Gasteiger partial charge in [-0.1, -0.05) is 17.7 Å². The van der Waals surface area contributed by atoms with Crippen LogP contribution >= 0.6 is 34.3 Å². The Balaban J connectivity index is 1.41. The number of benzene rings is 1. The Kier molecular flexibility index (Phi) is 6.66.